The number of aryl methyl sites for hydroxylation is 1. The molecule has 2 aromatic rings. The zero-order valence-corrected chi connectivity index (χ0v) is 23.4. The van der Waals surface area contributed by atoms with Crippen LogP contribution >= 0.6 is 34.8 Å². The lowest BCUT2D eigenvalue weighted by Gasteiger charge is -2.33. The maximum Gasteiger partial charge on any atom is 0.244 e. The molecule has 35 heavy (non-hydrogen) atoms. The van der Waals surface area contributed by atoms with Crippen LogP contribution in [0.25, 0.3) is 0 Å². The lowest BCUT2D eigenvalue weighted by atomic mass is 10.1. The molecular weight excluding hydrogens is 533 g/mol. The van der Waals surface area contributed by atoms with Crippen molar-refractivity contribution in [2.45, 2.75) is 52.7 Å². The van der Waals surface area contributed by atoms with Crippen molar-refractivity contribution in [1.29, 1.82) is 0 Å². The summed E-state index contributed by atoms with van der Waals surface area (Å²) in [6, 6.07) is 8.68. The molecule has 2 amide bonds. The first kappa shape index (κ1) is 29.2. The standard InChI is InChI=1S/C24H30Cl3N3O4S/c1-6-21(24(32)28-15(2)3)29(13-17-8-10-18(25)11-20(17)27)23(31)14-30(35(5,33)34)22-12-19(26)9-7-16(22)4/h7-12,15,21H,6,13-14H2,1-5H3,(H,28,32)/t21-/m1/s1. The summed E-state index contributed by atoms with van der Waals surface area (Å²) in [5.41, 5.74) is 1.49. The summed E-state index contributed by atoms with van der Waals surface area (Å²) >= 11 is 18.5. The Bertz CT molecular complexity index is 1190. The highest BCUT2D eigenvalue weighted by atomic mass is 35.5. The minimum Gasteiger partial charge on any atom is -0.352 e. The van der Waals surface area contributed by atoms with Crippen molar-refractivity contribution < 1.29 is 18.0 Å². The highest BCUT2D eigenvalue weighted by molar-refractivity contribution is 7.92. The van der Waals surface area contributed by atoms with E-state index in [1.165, 1.54) is 11.0 Å². The number of anilines is 1. The van der Waals surface area contributed by atoms with Crippen molar-refractivity contribution in [2.24, 2.45) is 0 Å². The third-order valence-corrected chi connectivity index (χ3v) is 7.24. The second kappa shape index (κ2) is 12.3. The predicted molar refractivity (Wildman–Crippen MR) is 143 cm³/mol. The lowest BCUT2D eigenvalue weighted by Crippen LogP contribution is -2.53. The van der Waals surface area contributed by atoms with E-state index in [0.29, 0.717) is 32.6 Å². The number of carbonyl (C=O) groups excluding carboxylic acids is 2. The molecule has 192 valence electrons. The van der Waals surface area contributed by atoms with Crippen LogP contribution in [0.5, 0.6) is 0 Å². The summed E-state index contributed by atoms with van der Waals surface area (Å²) in [5.74, 6) is -0.905. The number of amides is 2. The van der Waals surface area contributed by atoms with Crippen LogP contribution in [0.15, 0.2) is 36.4 Å². The van der Waals surface area contributed by atoms with Gasteiger partial charge >= 0.3 is 0 Å². The van der Waals surface area contributed by atoms with Gasteiger partial charge in [-0.2, -0.15) is 0 Å². The Morgan fingerprint density at radius 1 is 1.03 bits per heavy atom. The molecule has 2 aromatic carbocycles. The summed E-state index contributed by atoms with van der Waals surface area (Å²) in [6.07, 6.45) is 1.33. The molecule has 0 radical (unpaired) electrons. The fourth-order valence-electron chi connectivity index (χ4n) is 3.58. The molecule has 0 saturated carbocycles. The van der Waals surface area contributed by atoms with Crippen molar-refractivity contribution >= 4 is 62.3 Å². The quantitative estimate of drug-likeness (QED) is 0.439. The third-order valence-electron chi connectivity index (χ3n) is 5.29. The first-order valence-corrected chi connectivity index (χ1v) is 14.0. The molecule has 0 fully saturated rings. The average Bonchev–Trinajstić information content (AvgIpc) is 2.73. The van der Waals surface area contributed by atoms with E-state index in [9.17, 15) is 18.0 Å². The Kier molecular flexibility index (Phi) is 10.3. The highest BCUT2D eigenvalue weighted by Gasteiger charge is 2.32. The molecule has 1 N–H and O–H groups in total. The summed E-state index contributed by atoms with van der Waals surface area (Å²) in [7, 11) is -3.86. The average molecular weight is 563 g/mol. The van der Waals surface area contributed by atoms with E-state index in [0.717, 1.165) is 10.6 Å². The number of halogens is 3. The Hall–Kier alpha value is -2.00. The van der Waals surface area contributed by atoms with Gasteiger partial charge in [0, 0.05) is 27.7 Å². The van der Waals surface area contributed by atoms with E-state index in [1.54, 1.807) is 44.2 Å². The Morgan fingerprint density at radius 2 is 1.63 bits per heavy atom. The van der Waals surface area contributed by atoms with Gasteiger partial charge in [-0.15, -0.1) is 0 Å². The fourth-order valence-corrected chi connectivity index (χ4v) is 5.11. The van der Waals surface area contributed by atoms with Gasteiger partial charge < -0.3 is 10.2 Å². The Labute approximate surface area is 222 Å². The second-order valence-corrected chi connectivity index (χ2v) is 11.7. The summed E-state index contributed by atoms with van der Waals surface area (Å²) < 4.78 is 26.4. The number of nitrogens with zero attached hydrogens (tertiary/aromatic N) is 2. The van der Waals surface area contributed by atoms with E-state index in [2.05, 4.69) is 5.32 Å². The monoisotopic (exact) mass is 561 g/mol. The number of rotatable bonds is 10. The molecule has 0 unspecified atom stereocenters. The van der Waals surface area contributed by atoms with Gasteiger partial charge in [0.2, 0.25) is 21.8 Å². The topological polar surface area (TPSA) is 86.8 Å². The second-order valence-electron chi connectivity index (χ2n) is 8.55. The molecule has 0 bridgehead atoms. The number of carbonyl (C=O) groups is 2. The van der Waals surface area contributed by atoms with Gasteiger partial charge in [0.15, 0.2) is 0 Å². The summed E-state index contributed by atoms with van der Waals surface area (Å²) in [4.78, 5) is 28.0. The molecule has 7 nitrogen and oxygen atoms in total. The molecule has 0 aliphatic rings. The van der Waals surface area contributed by atoms with E-state index in [1.807, 2.05) is 13.8 Å². The lowest BCUT2D eigenvalue weighted by molar-refractivity contribution is -0.140. The van der Waals surface area contributed by atoms with E-state index in [4.69, 9.17) is 34.8 Å². The molecule has 11 heteroatoms. The van der Waals surface area contributed by atoms with Gasteiger partial charge in [-0.3, -0.25) is 13.9 Å². The van der Waals surface area contributed by atoms with Crippen molar-refractivity contribution in [3.05, 3.63) is 62.6 Å². The maximum atomic E-state index is 13.7. The van der Waals surface area contributed by atoms with Crippen molar-refractivity contribution in [3.63, 3.8) is 0 Å². The van der Waals surface area contributed by atoms with Crippen LogP contribution in [0.3, 0.4) is 0 Å². The minimum absolute atomic E-state index is 0.00894. The largest absolute Gasteiger partial charge is 0.352 e. The van der Waals surface area contributed by atoms with Crippen LogP contribution in [0.4, 0.5) is 5.69 Å². The number of hydrogen-bond acceptors (Lipinski definition) is 4. The number of benzene rings is 2. The highest BCUT2D eigenvalue weighted by Crippen LogP contribution is 2.28. The van der Waals surface area contributed by atoms with Crippen LogP contribution in [0.1, 0.15) is 38.3 Å². The summed E-state index contributed by atoms with van der Waals surface area (Å²) in [6.45, 7) is 6.62. The maximum absolute atomic E-state index is 13.7. The van der Waals surface area contributed by atoms with Crippen LogP contribution in [-0.2, 0) is 26.2 Å². The van der Waals surface area contributed by atoms with E-state index >= 15 is 0 Å². The van der Waals surface area contributed by atoms with Crippen LogP contribution in [-0.4, -0.2) is 50.0 Å². The number of hydrogen-bond donors (Lipinski definition) is 1. The van der Waals surface area contributed by atoms with Crippen molar-refractivity contribution in [3.8, 4) is 0 Å². The Balaban J connectivity index is 2.52. The first-order chi connectivity index (χ1) is 16.2. The number of nitrogens with one attached hydrogen (secondary N) is 1. The van der Waals surface area contributed by atoms with Gasteiger partial charge in [-0.25, -0.2) is 8.42 Å². The van der Waals surface area contributed by atoms with Gasteiger partial charge in [0.1, 0.15) is 12.6 Å². The minimum atomic E-state index is -3.86. The van der Waals surface area contributed by atoms with Crippen LogP contribution < -0.4 is 9.62 Å². The molecule has 0 aliphatic heterocycles. The molecule has 0 aliphatic carbocycles. The zero-order valence-electron chi connectivity index (χ0n) is 20.3. The van der Waals surface area contributed by atoms with Gasteiger partial charge in [0.05, 0.1) is 11.9 Å². The third kappa shape index (κ3) is 8.00. The van der Waals surface area contributed by atoms with Gasteiger partial charge in [-0.1, -0.05) is 53.9 Å². The SMILES string of the molecule is CC[C@H](C(=O)NC(C)C)N(Cc1ccc(Cl)cc1Cl)C(=O)CN(c1cc(Cl)ccc1C)S(C)(=O)=O. The predicted octanol–water partition coefficient (Wildman–Crippen LogP) is 5.05. The smallest absolute Gasteiger partial charge is 0.244 e. The van der Waals surface area contributed by atoms with E-state index in [-0.39, 0.29) is 24.2 Å². The van der Waals surface area contributed by atoms with Crippen molar-refractivity contribution in [1.82, 2.24) is 10.2 Å². The molecule has 1 atom stereocenters. The normalized spacial score (nSPS) is 12.4. The summed E-state index contributed by atoms with van der Waals surface area (Å²) in [5, 5.41) is 3.93. The molecular formula is C24H30Cl3N3O4S. The van der Waals surface area contributed by atoms with Gasteiger partial charge in [0.25, 0.3) is 0 Å². The first-order valence-electron chi connectivity index (χ1n) is 11.0. The van der Waals surface area contributed by atoms with Crippen LogP contribution in [0, 0.1) is 6.92 Å². The molecule has 0 spiro atoms. The number of sulfonamides is 1. The Morgan fingerprint density at radius 3 is 2.17 bits per heavy atom. The van der Waals surface area contributed by atoms with Crippen molar-refractivity contribution in [2.75, 3.05) is 17.1 Å². The fraction of sp³-hybridized carbons (Fsp3) is 0.417. The molecule has 2 rings (SSSR count). The van der Waals surface area contributed by atoms with E-state index < -0.39 is 28.5 Å². The molecule has 0 heterocycles. The van der Waals surface area contributed by atoms with Crippen LogP contribution in [0.2, 0.25) is 15.1 Å². The van der Waals surface area contributed by atoms with Gasteiger partial charge in [-0.05, 0) is 62.6 Å². The molecule has 0 saturated heterocycles. The zero-order chi connectivity index (χ0) is 26.5. The molecule has 0 aromatic heterocycles.